The van der Waals surface area contributed by atoms with Gasteiger partial charge in [-0.15, -0.1) is 0 Å². The molecule has 2 aliphatic carbocycles. The van der Waals surface area contributed by atoms with Gasteiger partial charge in [-0.3, -0.25) is 9.69 Å². The largest absolute Gasteiger partial charge is 0.490 e. The summed E-state index contributed by atoms with van der Waals surface area (Å²) in [6.07, 6.45) is 8.42. The highest BCUT2D eigenvalue weighted by molar-refractivity contribution is 7.90. The summed E-state index contributed by atoms with van der Waals surface area (Å²) >= 11 is 6.49. The molecule has 11 heteroatoms. The van der Waals surface area contributed by atoms with Crippen LogP contribution < -0.4 is 14.4 Å². The molecule has 51 heavy (non-hydrogen) atoms. The zero-order valence-electron chi connectivity index (χ0n) is 30.7. The zero-order chi connectivity index (χ0) is 35.8. The third-order valence-corrected chi connectivity index (χ3v) is 15.3. The molecule has 1 N–H and O–H groups in total. The molecule has 0 radical (unpaired) electrons. The Morgan fingerprint density at radius 2 is 1.80 bits per heavy atom. The van der Waals surface area contributed by atoms with Crippen LogP contribution in [-0.4, -0.2) is 102 Å². The van der Waals surface area contributed by atoms with E-state index in [1.54, 1.807) is 20.1 Å². The second kappa shape index (κ2) is 15.5. The summed E-state index contributed by atoms with van der Waals surface area (Å²) in [5, 5.41) is 0.0903. The minimum Gasteiger partial charge on any atom is -0.490 e. The third kappa shape index (κ3) is 7.96. The lowest BCUT2D eigenvalue weighted by Crippen LogP contribution is -2.51. The van der Waals surface area contributed by atoms with Crippen LogP contribution in [-0.2, 0) is 26.6 Å². The smallest absolute Gasteiger partial charge is 0.264 e. The molecule has 1 amide bonds. The van der Waals surface area contributed by atoms with Crippen LogP contribution >= 0.6 is 11.6 Å². The summed E-state index contributed by atoms with van der Waals surface area (Å²) in [5.41, 5.74) is 3.64. The fourth-order valence-corrected chi connectivity index (χ4v) is 11.2. The number of fused-ring (bicyclic) bond motifs is 4. The second-order valence-corrected chi connectivity index (χ2v) is 18.7. The Hall–Kier alpha value is -2.37. The van der Waals surface area contributed by atoms with Gasteiger partial charge < -0.3 is 19.3 Å². The van der Waals surface area contributed by atoms with Crippen LogP contribution in [0.25, 0.3) is 0 Å². The number of carbonyl (C=O) groups excluding carboxylic acids is 1. The van der Waals surface area contributed by atoms with Gasteiger partial charge in [-0.1, -0.05) is 31.0 Å². The molecule has 280 valence electrons. The molecule has 2 aromatic carbocycles. The first-order valence-corrected chi connectivity index (χ1v) is 21.3. The molecule has 2 bridgehead atoms. The lowest BCUT2D eigenvalue weighted by atomic mass is 9.65. The number of piperazine rings is 1. The van der Waals surface area contributed by atoms with E-state index in [0.29, 0.717) is 29.9 Å². The Morgan fingerprint density at radius 3 is 2.57 bits per heavy atom. The van der Waals surface area contributed by atoms with E-state index in [2.05, 4.69) is 31.6 Å². The quantitative estimate of drug-likeness (QED) is 0.400. The molecule has 2 aromatic rings. The molecule has 1 saturated heterocycles. The Bertz CT molecular complexity index is 1670. The normalized spacial score (nSPS) is 31.8. The number of amides is 1. The third-order valence-electron chi connectivity index (χ3n) is 13.2. The van der Waals surface area contributed by atoms with Gasteiger partial charge in [0.15, 0.2) is 0 Å². The highest BCUT2D eigenvalue weighted by Gasteiger charge is 2.45. The molecule has 3 heterocycles. The summed E-state index contributed by atoms with van der Waals surface area (Å²) in [6.45, 7) is 13.1. The number of methoxy groups -OCH3 is 1. The van der Waals surface area contributed by atoms with Crippen molar-refractivity contribution in [1.29, 1.82) is 0 Å². The number of hydrogen-bond acceptors (Lipinski definition) is 8. The number of halogens is 1. The predicted octanol–water partition coefficient (Wildman–Crippen LogP) is 5.99. The van der Waals surface area contributed by atoms with Gasteiger partial charge in [0.1, 0.15) is 5.75 Å². The van der Waals surface area contributed by atoms with Crippen molar-refractivity contribution in [1.82, 2.24) is 14.5 Å². The average molecular weight is 741 g/mol. The monoisotopic (exact) mass is 740 g/mol. The molecule has 3 aliphatic heterocycles. The van der Waals surface area contributed by atoms with E-state index in [4.69, 9.17) is 21.1 Å². The maximum absolute atomic E-state index is 13.6. The van der Waals surface area contributed by atoms with Crippen LogP contribution in [0.1, 0.15) is 80.3 Å². The van der Waals surface area contributed by atoms with Crippen LogP contribution in [0.4, 0.5) is 5.69 Å². The molecule has 1 saturated carbocycles. The number of carbonyl (C=O) groups is 1. The fraction of sp³-hybridized carbons (Fsp3) is 0.675. The van der Waals surface area contributed by atoms with Gasteiger partial charge in [-0.2, -0.15) is 0 Å². The van der Waals surface area contributed by atoms with Gasteiger partial charge in [-0.05, 0) is 117 Å². The maximum atomic E-state index is 13.6. The number of benzene rings is 2. The lowest BCUT2D eigenvalue weighted by Gasteiger charge is -2.48. The fourth-order valence-electron chi connectivity index (χ4n) is 9.69. The maximum Gasteiger partial charge on any atom is 0.264 e. The van der Waals surface area contributed by atoms with E-state index in [0.717, 1.165) is 114 Å². The summed E-state index contributed by atoms with van der Waals surface area (Å²) in [7, 11) is -2.10. The molecule has 5 aliphatic rings. The number of anilines is 1. The van der Waals surface area contributed by atoms with Crippen molar-refractivity contribution in [3.05, 3.63) is 58.1 Å². The summed E-state index contributed by atoms with van der Waals surface area (Å²) < 4.78 is 41.5. The van der Waals surface area contributed by atoms with Crippen molar-refractivity contribution in [3.63, 3.8) is 0 Å². The molecule has 0 aromatic heterocycles. The van der Waals surface area contributed by atoms with E-state index in [1.165, 1.54) is 24.0 Å². The number of sulfonamides is 1. The van der Waals surface area contributed by atoms with Crippen molar-refractivity contribution in [2.24, 2.45) is 23.7 Å². The zero-order valence-corrected chi connectivity index (χ0v) is 32.3. The van der Waals surface area contributed by atoms with Gasteiger partial charge in [0.2, 0.25) is 10.0 Å². The van der Waals surface area contributed by atoms with Gasteiger partial charge in [-0.25, -0.2) is 13.1 Å². The minimum absolute atomic E-state index is 0.0641. The highest BCUT2D eigenvalue weighted by atomic mass is 35.5. The molecule has 7 rings (SSSR count). The topological polar surface area (TPSA) is 91.4 Å². The first-order chi connectivity index (χ1) is 24.5. The summed E-state index contributed by atoms with van der Waals surface area (Å²) in [4.78, 5) is 21.3. The number of aryl methyl sites for hydroxylation is 1. The summed E-state index contributed by atoms with van der Waals surface area (Å²) in [6, 6.07) is 11.8. The van der Waals surface area contributed by atoms with E-state index in [1.807, 2.05) is 25.1 Å². The number of nitrogens with zero attached hydrogens (tertiary/aromatic N) is 3. The molecular formula is C40H57ClN4O5S. The van der Waals surface area contributed by atoms with Gasteiger partial charge in [0.05, 0.1) is 24.2 Å². The first kappa shape index (κ1) is 37.0. The number of rotatable bonds is 5. The predicted molar refractivity (Wildman–Crippen MR) is 204 cm³/mol. The number of hydrogen-bond donors (Lipinski definition) is 1. The second-order valence-electron chi connectivity index (χ2n) is 16.3. The van der Waals surface area contributed by atoms with Crippen molar-refractivity contribution >= 4 is 33.2 Å². The number of nitrogens with one attached hydrogen (secondary N) is 1. The van der Waals surface area contributed by atoms with Crippen molar-refractivity contribution in [3.8, 4) is 5.75 Å². The van der Waals surface area contributed by atoms with Gasteiger partial charge in [0, 0.05) is 75.5 Å². The van der Waals surface area contributed by atoms with Crippen LogP contribution in [0.5, 0.6) is 5.75 Å². The lowest BCUT2D eigenvalue weighted by molar-refractivity contribution is 0.0441. The Kier molecular flexibility index (Phi) is 11.3. The van der Waals surface area contributed by atoms with Crippen molar-refractivity contribution in [2.45, 2.75) is 75.9 Å². The Morgan fingerprint density at radius 1 is 1.00 bits per heavy atom. The molecule has 1 spiro atoms. The van der Waals surface area contributed by atoms with Crippen LogP contribution in [0.2, 0.25) is 5.02 Å². The Labute approximate surface area is 310 Å². The number of ether oxygens (including phenoxy) is 2. The van der Waals surface area contributed by atoms with Crippen LogP contribution in [0, 0.1) is 23.7 Å². The van der Waals surface area contributed by atoms with E-state index >= 15 is 0 Å². The van der Waals surface area contributed by atoms with Crippen LogP contribution in [0.15, 0.2) is 36.4 Å². The standard InChI is InChI=1S/C40H57ClN4O5S/c1-28-6-4-7-32(24-44-18-16-43(17-19-44)20-21-49-3)35-12-9-33(35)25-45-26-40(15-5-8-30-22-34(41)11-13-36(30)40)27-50-38-14-10-31(23-37(38)45)39(46)42-51(47,48)29(28)2/h10-11,13-14,22-23,28-29,32-33,35H,4-9,12,15-21,24-27H2,1-3H3,(H,42,46)/t28-,29+,32-,33-,35-,40-/m0/s1. The molecule has 0 unspecified atom stereocenters. The first-order valence-electron chi connectivity index (χ1n) is 19.4. The molecular weight excluding hydrogens is 684 g/mol. The highest BCUT2D eigenvalue weighted by Crippen LogP contribution is 2.48. The summed E-state index contributed by atoms with van der Waals surface area (Å²) in [5.74, 6) is 1.82. The molecule has 9 nitrogen and oxygen atoms in total. The Balaban J connectivity index is 1.21. The molecule has 6 atom stereocenters. The van der Waals surface area contributed by atoms with Crippen molar-refractivity contribution in [2.75, 3.05) is 77.6 Å². The van der Waals surface area contributed by atoms with E-state index < -0.39 is 21.2 Å². The molecule has 2 fully saturated rings. The average Bonchev–Trinajstić information content (AvgIpc) is 3.25. The van der Waals surface area contributed by atoms with Gasteiger partial charge >= 0.3 is 0 Å². The van der Waals surface area contributed by atoms with Crippen molar-refractivity contribution < 1.29 is 22.7 Å². The van der Waals surface area contributed by atoms with Gasteiger partial charge in [0.25, 0.3) is 5.91 Å². The minimum atomic E-state index is -3.87. The van der Waals surface area contributed by atoms with E-state index in [9.17, 15) is 13.2 Å². The van der Waals surface area contributed by atoms with Crippen LogP contribution in [0.3, 0.4) is 0 Å². The van der Waals surface area contributed by atoms with E-state index in [-0.39, 0.29) is 11.3 Å². The SMILES string of the molecule is COCCN1CCN(C[C@@H]2CCC[C@H](C)[C@@H](C)S(=O)(=O)NC(=O)c3ccc4c(c3)N(C[C@@H]3CC[C@@H]23)C[C@@]2(CCCc3cc(Cl)ccc32)CO4)CC1.